The van der Waals surface area contributed by atoms with Crippen molar-refractivity contribution >= 4 is 16.8 Å². The summed E-state index contributed by atoms with van der Waals surface area (Å²) in [4.78, 5) is 12.9. The van der Waals surface area contributed by atoms with Gasteiger partial charge >= 0.3 is 6.18 Å². The lowest BCUT2D eigenvalue weighted by atomic mass is 9.99. The number of phenols is 1. The quantitative estimate of drug-likeness (QED) is 0.478. The molecule has 6 nitrogen and oxygen atoms in total. The van der Waals surface area contributed by atoms with Crippen LogP contribution in [0.15, 0.2) is 60.8 Å². The standard InChI is InChI=1S/C23H21F3N4O2/c1-14(19-13-29(2)20-9-8-17(31)11-18(19)20)22(32)27-12-16-10-21(23(24,25)26)28-30(16)15-6-4-3-5-7-15/h3-11,13-14,31H,12H2,1-2H3,(H,27,32). The number of amides is 1. The molecule has 0 radical (unpaired) electrons. The van der Waals surface area contributed by atoms with E-state index < -0.39 is 17.8 Å². The Labute approximate surface area is 181 Å². The Kier molecular flexibility index (Phi) is 5.41. The maximum atomic E-state index is 13.2. The highest BCUT2D eigenvalue weighted by Crippen LogP contribution is 2.31. The first-order valence-electron chi connectivity index (χ1n) is 9.92. The smallest absolute Gasteiger partial charge is 0.435 e. The van der Waals surface area contributed by atoms with Crippen molar-refractivity contribution in [2.24, 2.45) is 7.05 Å². The van der Waals surface area contributed by atoms with E-state index in [1.54, 1.807) is 55.5 Å². The molecule has 0 fully saturated rings. The highest BCUT2D eigenvalue weighted by molar-refractivity contribution is 5.92. The van der Waals surface area contributed by atoms with Crippen LogP contribution in [0.2, 0.25) is 0 Å². The number of para-hydroxylation sites is 1. The minimum Gasteiger partial charge on any atom is -0.508 e. The van der Waals surface area contributed by atoms with Crippen LogP contribution in [0.3, 0.4) is 0 Å². The first-order chi connectivity index (χ1) is 15.1. The van der Waals surface area contributed by atoms with Gasteiger partial charge in [0.15, 0.2) is 5.69 Å². The summed E-state index contributed by atoms with van der Waals surface area (Å²) in [5.74, 6) is -0.852. The van der Waals surface area contributed by atoms with Crippen LogP contribution in [0.1, 0.15) is 29.8 Å². The average Bonchev–Trinajstić information content (AvgIpc) is 3.33. The molecule has 2 aromatic heterocycles. The molecule has 0 bridgehead atoms. The average molecular weight is 442 g/mol. The Balaban J connectivity index is 1.59. The number of hydrogen-bond acceptors (Lipinski definition) is 3. The van der Waals surface area contributed by atoms with Gasteiger partial charge in [-0.1, -0.05) is 18.2 Å². The zero-order valence-electron chi connectivity index (χ0n) is 17.4. The van der Waals surface area contributed by atoms with Gasteiger partial charge in [0.25, 0.3) is 0 Å². The number of rotatable bonds is 5. The van der Waals surface area contributed by atoms with Crippen molar-refractivity contribution in [3.05, 3.63) is 77.7 Å². The van der Waals surface area contributed by atoms with Crippen molar-refractivity contribution in [3.8, 4) is 11.4 Å². The van der Waals surface area contributed by atoms with Gasteiger partial charge in [0.2, 0.25) is 5.91 Å². The van der Waals surface area contributed by atoms with Crippen molar-refractivity contribution < 1.29 is 23.1 Å². The summed E-state index contributed by atoms with van der Waals surface area (Å²) < 4.78 is 42.8. The number of phenolic OH excluding ortho intramolecular Hbond substituents is 1. The fourth-order valence-electron chi connectivity index (χ4n) is 3.70. The number of aryl methyl sites for hydroxylation is 1. The summed E-state index contributed by atoms with van der Waals surface area (Å²) in [5.41, 5.74) is 1.21. The SMILES string of the molecule is CC(C(=O)NCc1cc(C(F)(F)F)nn1-c1ccccc1)c1cn(C)c2ccc(O)cc12. The molecule has 166 valence electrons. The molecule has 2 N–H and O–H groups in total. The Bertz CT molecular complexity index is 1280. The van der Waals surface area contributed by atoms with E-state index in [1.165, 1.54) is 4.68 Å². The second-order valence-electron chi connectivity index (χ2n) is 7.60. The minimum atomic E-state index is -4.60. The predicted octanol–water partition coefficient (Wildman–Crippen LogP) is 4.51. The van der Waals surface area contributed by atoms with Gasteiger partial charge in [-0.05, 0) is 48.9 Å². The maximum Gasteiger partial charge on any atom is 0.435 e. The first kappa shape index (κ1) is 21.5. The van der Waals surface area contributed by atoms with Crippen molar-refractivity contribution in [2.75, 3.05) is 0 Å². The molecule has 2 aromatic carbocycles. The topological polar surface area (TPSA) is 72.1 Å². The molecule has 4 rings (SSSR count). The molecule has 4 aromatic rings. The number of alkyl halides is 3. The normalized spacial score (nSPS) is 12.8. The molecule has 0 aliphatic rings. The Morgan fingerprint density at radius 3 is 2.56 bits per heavy atom. The lowest BCUT2D eigenvalue weighted by Gasteiger charge is -2.13. The number of hydrogen-bond donors (Lipinski definition) is 2. The van der Waals surface area contributed by atoms with E-state index in [-0.39, 0.29) is 23.9 Å². The fraction of sp³-hybridized carbons (Fsp3) is 0.217. The molecule has 0 aliphatic carbocycles. The third-order valence-electron chi connectivity index (χ3n) is 5.38. The highest BCUT2D eigenvalue weighted by atomic mass is 19.4. The van der Waals surface area contributed by atoms with Gasteiger partial charge in [-0.25, -0.2) is 4.68 Å². The van der Waals surface area contributed by atoms with Crippen LogP contribution in [-0.2, 0) is 24.6 Å². The monoisotopic (exact) mass is 442 g/mol. The zero-order chi connectivity index (χ0) is 23.0. The van der Waals surface area contributed by atoms with E-state index in [0.717, 1.165) is 17.0 Å². The number of nitrogens with zero attached hydrogens (tertiary/aromatic N) is 3. The zero-order valence-corrected chi connectivity index (χ0v) is 17.4. The van der Waals surface area contributed by atoms with Gasteiger partial charge < -0.3 is 15.0 Å². The van der Waals surface area contributed by atoms with Crippen molar-refractivity contribution in [1.29, 1.82) is 0 Å². The molecule has 1 unspecified atom stereocenters. The van der Waals surface area contributed by atoms with Crippen LogP contribution < -0.4 is 5.32 Å². The molecular weight excluding hydrogens is 421 g/mol. The number of aromatic nitrogens is 3. The largest absolute Gasteiger partial charge is 0.508 e. The Hall–Kier alpha value is -3.75. The summed E-state index contributed by atoms with van der Waals surface area (Å²) in [5, 5.41) is 17.0. The van der Waals surface area contributed by atoms with Gasteiger partial charge in [-0.15, -0.1) is 0 Å². The number of aromatic hydroxyl groups is 1. The number of nitrogens with one attached hydrogen (secondary N) is 1. The van der Waals surface area contributed by atoms with Crippen LogP contribution >= 0.6 is 0 Å². The molecule has 2 heterocycles. The van der Waals surface area contributed by atoms with Crippen LogP contribution in [0.4, 0.5) is 13.2 Å². The van der Waals surface area contributed by atoms with Gasteiger partial charge in [0, 0.05) is 24.1 Å². The highest BCUT2D eigenvalue weighted by Gasteiger charge is 2.35. The molecule has 0 saturated carbocycles. The van der Waals surface area contributed by atoms with Crippen LogP contribution in [0, 0.1) is 0 Å². The molecule has 0 saturated heterocycles. The van der Waals surface area contributed by atoms with Crippen LogP contribution in [-0.4, -0.2) is 25.4 Å². The molecule has 9 heteroatoms. The van der Waals surface area contributed by atoms with E-state index in [9.17, 15) is 23.1 Å². The number of carbonyl (C=O) groups is 1. The lowest BCUT2D eigenvalue weighted by Crippen LogP contribution is -2.28. The number of halogens is 3. The lowest BCUT2D eigenvalue weighted by molar-refractivity contribution is -0.141. The second kappa shape index (κ2) is 8.07. The molecule has 0 aliphatic heterocycles. The van der Waals surface area contributed by atoms with Gasteiger partial charge in [-0.3, -0.25) is 4.79 Å². The number of benzene rings is 2. The van der Waals surface area contributed by atoms with E-state index in [0.29, 0.717) is 11.3 Å². The van der Waals surface area contributed by atoms with Gasteiger partial charge in [0.1, 0.15) is 5.75 Å². The summed E-state index contributed by atoms with van der Waals surface area (Å²) >= 11 is 0. The van der Waals surface area contributed by atoms with E-state index >= 15 is 0 Å². The summed E-state index contributed by atoms with van der Waals surface area (Å²) in [6, 6.07) is 14.3. The summed E-state index contributed by atoms with van der Waals surface area (Å²) in [6.07, 6.45) is -2.79. The molecule has 0 spiro atoms. The summed E-state index contributed by atoms with van der Waals surface area (Å²) in [6.45, 7) is 1.58. The fourth-order valence-corrected chi connectivity index (χ4v) is 3.70. The molecule has 32 heavy (non-hydrogen) atoms. The Morgan fingerprint density at radius 1 is 1.16 bits per heavy atom. The third-order valence-corrected chi connectivity index (χ3v) is 5.38. The van der Waals surface area contributed by atoms with Gasteiger partial charge in [-0.2, -0.15) is 18.3 Å². The van der Waals surface area contributed by atoms with E-state index in [2.05, 4.69) is 10.4 Å². The second-order valence-corrected chi connectivity index (χ2v) is 7.60. The number of carbonyl (C=O) groups excluding carboxylic acids is 1. The van der Waals surface area contributed by atoms with Crippen molar-refractivity contribution in [2.45, 2.75) is 25.6 Å². The molecular formula is C23H21F3N4O2. The van der Waals surface area contributed by atoms with E-state index in [1.807, 2.05) is 17.8 Å². The van der Waals surface area contributed by atoms with Crippen LogP contribution in [0.25, 0.3) is 16.6 Å². The number of fused-ring (bicyclic) bond motifs is 1. The van der Waals surface area contributed by atoms with Crippen LogP contribution in [0.5, 0.6) is 5.75 Å². The Morgan fingerprint density at radius 2 is 1.88 bits per heavy atom. The van der Waals surface area contributed by atoms with Crippen molar-refractivity contribution in [3.63, 3.8) is 0 Å². The predicted molar refractivity (Wildman–Crippen MR) is 113 cm³/mol. The van der Waals surface area contributed by atoms with Crippen molar-refractivity contribution in [1.82, 2.24) is 19.7 Å². The third kappa shape index (κ3) is 4.05. The van der Waals surface area contributed by atoms with E-state index in [4.69, 9.17) is 0 Å². The molecule has 1 amide bonds. The summed E-state index contributed by atoms with van der Waals surface area (Å²) in [7, 11) is 1.84. The van der Waals surface area contributed by atoms with Gasteiger partial charge in [0.05, 0.1) is 23.8 Å². The minimum absolute atomic E-state index is 0.0870. The first-order valence-corrected chi connectivity index (χ1v) is 9.92. The maximum absolute atomic E-state index is 13.2. The molecule has 1 atom stereocenters.